The van der Waals surface area contributed by atoms with Crippen LogP contribution >= 0.6 is 0 Å². The molecule has 0 fully saturated rings. The third-order valence-corrected chi connectivity index (χ3v) is 3.22. The number of benzene rings is 1. The summed E-state index contributed by atoms with van der Waals surface area (Å²) in [4.78, 5) is 16.0. The van der Waals surface area contributed by atoms with Crippen LogP contribution in [0, 0.1) is 13.8 Å². The number of para-hydroxylation sites is 1. The Balaban J connectivity index is 1.92. The zero-order valence-electron chi connectivity index (χ0n) is 13.3. The smallest absolute Gasteiger partial charge is 0.252 e. The molecule has 0 aliphatic heterocycles. The molecule has 118 valence electrons. The molecule has 0 aliphatic carbocycles. The van der Waals surface area contributed by atoms with E-state index >= 15 is 0 Å². The summed E-state index contributed by atoms with van der Waals surface area (Å²) in [6.07, 6.45) is 0. The lowest BCUT2D eigenvalue weighted by molar-refractivity contribution is -0.121. The number of carbonyl (C=O) groups excluding carboxylic acids is 1. The van der Waals surface area contributed by atoms with Crippen molar-refractivity contribution in [1.29, 1.82) is 0 Å². The van der Waals surface area contributed by atoms with E-state index in [4.69, 9.17) is 9.26 Å². The van der Waals surface area contributed by atoms with Gasteiger partial charge in [-0.25, -0.2) is 0 Å². The van der Waals surface area contributed by atoms with E-state index in [1.807, 2.05) is 25.1 Å². The van der Waals surface area contributed by atoms with E-state index in [0.29, 0.717) is 17.6 Å². The average Bonchev–Trinajstić information content (AvgIpc) is 2.86. The van der Waals surface area contributed by atoms with E-state index in [9.17, 15) is 4.79 Å². The molecule has 0 bridgehead atoms. The summed E-state index contributed by atoms with van der Waals surface area (Å²) in [5.41, 5.74) is 3.01. The van der Waals surface area contributed by atoms with Crippen molar-refractivity contribution in [2.24, 2.45) is 0 Å². The van der Waals surface area contributed by atoms with Gasteiger partial charge >= 0.3 is 0 Å². The van der Waals surface area contributed by atoms with Crippen molar-refractivity contribution >= 4 is 11.6 Å². The predicted octanol–water partition coefficient (Wildman–Crippen LogP) is 2.97. The highest BCUT2D eigenvalue weighted by molar-refractivity contribution is 5.93. The Morgan fingerprint density at radius 2 is 2.14 bits per heavy atom. The number of ether oxygens (including phenoxy) is 1. The van der Waals surface area contributed by atoms with Gasteiger partial charge in [0.05, 0.1) is 0 Å². The largest absolute Gasteiger partial charge is 0.362 e. The van der Waals surface area contributed by atoms with Gasteiger partial charge in [0.15, 0.2) is 5.82 Å². The number of hydrogen-bond donors (Lipinski definition) is 1. The first-order valence-corrected chi connectivity index (χ1v) is 7.23. The van der Waals surface area contributed by atoms with E-state index in [2.05, 4.69) is 29.3 Å². The van der Waals surface area contributed by atoms with Crippen LogP contribution in [-0.4, -0.2) is 22.7 Å². The normalized spacial score (nSPS) is 11.0. The summed E-state index contributed by atoms with van der Waals surface area (Å²) in [5.74, 6) is 1.04. The lowest BCUT2D eigenvalue weighted by atomic mass is 9.98. The van der Waals surface area contributed by atoms with Crippen LogP contribution in [0.4, 0.5) is 5.69 Å². The first-order chi connectivity index (χ1) is 10.5. The number of nitrogens with one attached hydrogen (secondary N) is 1. The molecule has 1 N–H and O–H groups in total. The van der Waals surface area contributed by atoms with Crippen LogP contribution in [0.15, 0.2) is 22.7 Å². The van der Waals surface area contributed by atoms with Crippen LogP contribution in [0.2, 0.25) is 0 Å². The molecule has 6 nitrogen and oxygen atoms in total. The molecule has 1 aromatic heterocycles. The van der Waals surface area contributed by atoms with Gasteiger partial charge in [0.2, 0.25) is 5.91 Å². The Kier molecular flexibility index (Phi) is 5.27. The van der Waals surface area contributed by atoms with Crippen molar-refractivity contribution in [2.45, 2.75) is 40.2 Å². The molecule has 2 aromatic rings. The molecule has 6 heteroatoms. The summed E-state index contributed by atoms with van der Waals surface area (Å²) in [5, 5.41) is 6.58. The molecular weight excluding hydrogens is 282 g/mol. The van der Waals surface area contributed by atoms with Crippen molar-refractivity contribution < 1.29 is 14.1 Å². The van der Waals surface area contributed by atoms with E-state index in [1.165, 1.54) is 0 Å². The third-order valence-electron chi connectivity index (χ3n) is 3.22. The van der Waals surface area contributed by atoms with Gasteiger partial charge in [-0.05, 0) is 30.9 Å². The minimum atomic E-state index is -0.201. The first-order valence-electron chi connectivity index (χ1n) is 7.23. The van der Waals surface area contributed by atoms with E-state index in [1.54, 1.807) is 6.92 Å². The fourth-order valence-electron chi connectivity index (χ4n) is 2.15. The Bertz CT molecular complexity index is 650. The molecule has 0 atom stereocenters. The number of carbonyl (C=O) groups is 1. The predicted molar refractivity (Wildman–Crippen MR) is 82.6 cm³/mol. The molecular formula is C16H21N3O3. The number of rotatable bonds is 6. The maximum absolute atomic E-state index is 12.0. The summed E-state index contributed by atoms with van der Waals surface area (Å²) in [7, 11) is 0. The van der Waals surface area contributed by atoms with Crippen molar-refractivity contribution in [1.82, 2.24) is 10.1 Å². The topological polar surface area (TPSA) is 77.2 Å². The highest BCUT2D eigenvalue weighted by Crippen LogP contribution is 2.27. The van der Waals surface area contributed by atoms with Crippen molar-refractivity contribution in [3.05, 3.63) is 41.0 Å². The summed E-state index contributed by atoms with van der Waals surface area (Å²) < 4.78 is 10.2. The van der Waals surface area contributed by atoms with Gasteiger partial charge in [0, 0.05) is 5.69 Å². The molecule has 0 unspecified atom stereocenters. The van der Waals surface area contributed by atoms with Crippen molar-refractivity contribution in [3.63, 3.8) is 0 Å². The zero-order valence-corrected chi connectivity index (χ0v) is 13.3. The molecule has 2 rings (SSSR count). The molecule has 0 saturated heterocycles. The van der Waals surface area contributed by atoms with Crippen molar-refractivity contribution in [3.8, 4) is 0 Å². The molecule has 1 aromatic carbocycles. The lowest BCUT2D eigenvalue weighted by Gasteiger charge is -2.16. The van der Waals surface area contributed by atoms with Crippen LogP contribution in [0.5, 0.6) is 0 Å². The molecule has 1 amide bonds. The summed E-state index contributed by atoms with van der Waals surface area (Å²) >= 11 is 0. The second-order valence-corrected chi connectivity index (χ2v) is 5.47. The molecule has 0 spiro atoms. The maximum Gasteiger partial charge on any atom is 0.252 e. The average molecular weight is 303 g/mol. The number of aryl methyl sites for hydroxylation is 2. The minimum absolute atomic E-state index is 0.0622. The molecule has 1 heterocycles. The molecule has 0 radical (unpaired) electrons. The van der Waals surface area contributed by atoms with E-state index in [0.717, 1.165) is 16.8 Å². The standard InChI is InChI=1S/C16H21N3O3/c1-10(2)13-7-5-6-11(3)16(13)18-14(20)8-21-9-15-17-12(4)19-22-15/h5-7,10H,8-9H2,1-4H3,(H,18,20). The summed E-state index contributed by atoms with van der Waals surface area (Å²) in [6, 6.07) is 5.99. The van der Waals surface area contributed by atoms with Crippen LogP contribution in [0.25, 0.3) is 0 Å². The monoisotopic (exact) mass is 303 g/mol. The minimum Gasteiger partial charge on any atom is -0.362 e. The second-order valence-electron chi connectivity index (χ2n) is 5.47. The third kappa shape index (κ3) is 4.14. The highest BCUT2D eigenvalue weighted by atomic mass is 16.5. The van der Waals surface area contributed by atoms with Crippen LogP contribution < -0.4 is 5.32 Å². The van der Waals surface area contributed by atoms with Gasteiger partial charge < -0.3 is 14.6 Å². The van der Waals surface area contributed by atoms with E-state index < -0.39 is 0 Å². The van der Waals surface area contributed by atoms with E-state index in [-0.39, 0.29) is 19.1 Å². The number of aromatic nitrogens is 2. The van der Waals surface area contributed by atoms with Gasteiger partial charge in [-0.3, -0.25) is 4.79 Å². The Morgan fingerprint density at radius 3 is 2.77 bits per heavy atom. The zero-order chi connectivity index (χ0) is 16.1. The number of nitrogens with zero attached hydrogens (tertiary/aromatic N) is 2. The Hall–Kier alpha value is -2.21. The number of amides is 1. The van der Waals surface area contributed by atoms with Crippen LogP contribution in [-0.2, 0) is 16.1 Å². The summed E-state index contributed by atoms with van der Waals surface area (Å²) in [6.45, 7) is 7.96. The first kappa shape index (κ1) is 16.2. The second kappa shape index (κ2) is 7.17. The lowest BCUT2D eigenvalue weighted by Crippen LogP contribution is -2.20. The Morgan fingerprint density at radius 1 is 1.36 bits per heavy atom. The van der Waals surface area contributed by atoms with Crippen LogP contribution in [0.1, 0.15) is 42.6 Å². The molecule has 0 saturated carbocycles. The van der Waals surface area contributed by atoms with Gasteiger partial charge in [-0.1, -0.05) is 37.2 Å². The Labute approximate surface area is 129 Å². The molecule has 0 aliphatic rings. The SMILES string of the molecule is Cc1noc(COCC(=O)Nc2c(C)cccc2C(C)C)n1. The maximum atomic E-state index is 12.0. The number of hydrogen-bond acceptors (Lipinski definition) is 5. The number of anilines is 1. The molecule has 22 heavy (non-hydrogen) atoms. The quantitative estimate of drug-likeness (QED) is 0.887. The van der Waals surface area contributed by atoms with Gasteiger partial charge in [0.1, 0.15) is 13.2 Å². The van der Waals surface area contributed by atoms with Crippen LogP contribution in [0.3, 0.4) is 0 Å². The van der Waals surface area contributed by atoms with Gasteiger partial charge in [0.25, 0.3) is 5.89 Å². The fourth-order valence-corrected chi connectivity index (χ4v) is 2.15. The van der Waals surface area contributed by atoms with Gasteiger partial charge in [-0.15, -0.1) is 0 Å². The highest BCUT2D eigenvalue weighted by Gasteiger charge is 2.12. The van der Waals surface area contributed by atoms with Gasteiger partial charge in [-0.2, -0.15) is 4.98 Å². The fraction of sp³-hybridized carbons (Fsp3) is 0.438. The van der Waals surface area contributed by atoms with Crippen molar-refractivity contribution in [2.75, 3.05) is 11.9 Å².